The van der Waals surface area contributed by atoms with Crippen LogP contribution in [0.1, 0.15) is 6.04 Å². The Morgan fingerprint density at radius 2 is 2.05 bits per heavy atom. The number of anilines is 1. The molecule has 1 saturated heterocycles. The number of rotatable bonds is 2. The van der Waals surface area contributed by atoms with Crippen molar-refractivity contribution in [1.29, 1.82) is 0 Å². The molecule has 0 bridgehead atoms. The molecule has 0 atom stereocenters. The zero-order chi connectivity index (χ0) is 13.2. The van der Waals surface area contributed by atoms with Crippen molar-refractivity contribution in [2.45, 2.75) is 6.04 Å². The third-order valence-corrected chi connectivity index (χ3v) is 3.31. The van der Waals surface area contributed by atoms with E-state index in [-0.39, 0.29) is 12.1 Å². The Bertz CT molecular complexity index is 562. The summed E-state index contributed by atoms with van der Waals surface area (Å²) in [7, 11) is 0. The highest BCUT2D eigenvalue weighted by Gasteiger charge is 2.32. The third-order valence-electron chi connectivity index (χ3n) is 3.06. The van der Waals surface area contributed by atoms with Crippen LogP contribution in [0.3, 0.4) is 0 Å². The molecular formula is C12H12ClN5O. The molecule has 7 heteroatoms. The number of nitrogens with zero attached hydrogens (tertiary/aromatic N) is 4. The fourth-order valence-electron chi connectivity index (χ4n) is 1.94. The lowest BCUT2D eigenvalue weighted by molar-refractivity contribution is 0.127. The first-order valence-electron chi connectivity index (χ1n) is 5.89. The highest BCUT2D eigenvalue weighted by atomic mass is 35.5. The number of aromatic nitrogens is 3. The summed E-state index contributed by atoms with van der Waals surface area (Å²) in [6.07, 6.45) is 3.44. The molecule has 2 aromatic rings. The van der Waals surface area contributed by atoms with E-state index in [4.69, 9.17) is 11.6 Å². The van der Waals surface area contributed by atoms with Crippen LogP contribution < -0.4 is 5.32 Å². The second-order valence-corrected chi connectivity index (χ2v) is 4.82. The zero-order valence-electron chi connectivity index (χ0n) is 10.0. The van der Waals surface area contributed by atoms with Crippen molar-refractivity contribution >= 4 is 23.3 Å². The van der Waals surface area contributed by atoms with Crippen LogP contribution in [-0.2, 0) is 0 Å². The number of hydrogen-bond donors (Lipinski definition) is 1. The molecule has 0 saturated carbocycles. The summed E-state index contributed by atoms with van der Waals surface area (Å²) in [5.41, 5.74) is 0.735. The van der Waals surface area contributed by atoms with Crippen LogP contribution in [0.2, 0.25) is 5.02 Å². The van der Waals surface area contributed by atoms with Crippen molar-refractivity contribution in [1.82, 2.24) is 19.9 Å². The molecule has 2 heterocycles. The summed E-state index contributed by atoms with van der Waals surface area (Å²) in [4.78, 5) is 13.7. The lowest BCUT2D eigenvalue weighted by atomic mass is 10.1. The van der Waals surface area contributed by atoms with E-state index < -0.39 is 0 Å². The van der Waals surface area contributed by atoms with E-state index in [1.54, 1.807) is 46.2 Å². The maximum atomic E-state index is 11.9. The molecule has 0 spiro atoms. The van der Waals surface area contributed by atoms with Gasteiger partial charge in [-0.05, 0) is 24.3 Å². The van der Waals surface area contributed by atoms with Gasteiger partial charge in [0, 0.05) is 30.0 Å². The summed E-state index contributed by atoms with van der Waals surface area (Å²) in [6, 6.07) is 7.14. The minimum Gasteiger partial charge on any atom is -0.320 e. The molecule has 6 nitrogen and oxygen atoms in total. The van der Waals surface area contributed by atoms with Crippen molar-refractivity contribution in [3.8, 4) is 0 Å². The maximum absolute atomic E-state index is 11.9. The van der Waals surface area contributed by atoms with Crippen LogP contribution in [-0.4, -0.2) is 39.0 Å². The van der Waals surface area contributed by atoms with Crippen molar-refractivity contribution in [2.24, 2.45) is 0 Å². The van der Waals surface area contributed by atoms with Gasteiger partial charge in [-0.25, -0.2) is 9.48 Å². The molecule has 1 fully saturated rings. The number of benzene rings is 1. The fraction of sp³-hybridized carbons (Fsp3) is 0.250. The van der Waals surface area contributed by atoms with E-state index in [0.717, 1.165) is 5.69 Å². The smallest absolute Gasteiger partial charge is 0.320 e. The summed E-state index contributed by atoms with van der Waals surface area (Å²) < 4.78 is 1.77. The molecule has 1 aliphatic heterocycles. The van der Waals surface area contributed by atoms with Crippen LogP contribution in [0.4, 0.5) is 10.5 Å². The highest BCUT2D eigenvalue weighted by molar-refractivity contribution is 6.30. The highest BCUT2D eigenvalue weighted by Crippen LogP contribution is 2.21. The Morgan fingerprint density at radius 1 is 1.32 bits per heavy atom. The number of likely N-dealkylation sites (tertiary alicyclic amines) is 1. The molecule has 0 unspecified atom stereocenters. The first-order chi connectivity index (χ1) is 9.22. The molecule has 1 aliphatic rings. The van der Waals surface area contributed by atoms with Gasteiger partial charge in [-0.3, -0.25) is 0 Å². The lowest BCUT2D eigenvalue weighted by Gasteiger charge is -2.38. The number of hydrogen-bond acceptors (Lipinski definition) is 3. The number of carbonyl (C=O) groups is 1. The largest absolute Gasteiger partial charge is 0.321 e. The van der Waals surface area contributed by atoms with Gasteiger partial charge in [0.15, 0.2) is 0 Å². The average molecular weight is 278 g/mol. The van der Waals surface area contributed by atoms with E-state index in [1.165, 1.54) is 0 Å². The van der Waals surface area contributed by atoms with E-state index in [0.29, 0.717) is 18.1 Å². The Kier molecular flexibility index (Phi) is 3.08. The number of carbonyl (C=O) groups excluding carboxylic acids is 1. The molecule has 19 heavy (non-hydrogen) atoms. The molecule has 0 radical (unpaired) electrons. The lowest BCUT2D eigenvalue weighted by Crippen LogP contribution is -2.52. The minimum atomic E-state index is -0.112. The molecule has 98 valence electrons. The van der Waals surface area contributed by atoms with E-state index in [2.05, 4.69) is 15.6 Å². The van der Waals surface area contributed by atoms with Crippen LogP contribution in [0.5, 0.6) is 0 Å². The van der Waals surface area contributed by atoms with Gasteiger partial charge in [0.2, 0.25) is 0 Å². The number of urea groups is 1. The van der Waals surface area contributed by atoms with Crippen LogP contribution in [0.25, 0.3) is 0 Å². The number of amides is 2. The second-order valence-electron chi connectivity index (χ2n) is 4.38. The van der Waals surface area contributed by atoms with Gasteiger partial charge >= 0.3 is 6.03 Å². The molecule has 1 N–H and O–H groups in total. The Balaban J connectivity index is 1.54. The first-order valence-corrected chi connectivity index (χ1v) is 6.27. The van der Waals surface area contributed by atoms with E-state index in [1.807, 2.05) is 0 Å². The summed E-state index contributed by atoms with van der Waals surface area (Å²) in [6.45, 7) is 1.28. The second kappa shape index (κ2) is 4.89. The third kappa shape index (κ3) is 2.53. The van der Waals surface area contributed by atoms with Crippen LogP contribution in [0, 0.1) is 0 Å². The predicted octanol–water partition coefficient (Wildman–Crippen LogP) is 2.02. The Morgan fingerprint density at radius 3 is 2.68 bits per heavy atom. The molecular weight excluding hydrogens is 266 g/mol. The molecule has 3 rings (SSSR count). The van der Waals surface area contributed by atoms with Gasteiger partial charge in [-0.2, -0.15) is 0 Å². The number of nitrogens with one attached hydrogen (secondary N) is 1. The molecule has 0 aliphatic carbocycles. The standard InChI is InChI=1S/C12H12ClN5O/c13-9-1-3-10(4-2-9)15-12(19)17-7-11(8-17)18-6-5-14-16-18/h1-6,11H,7-8H2,(H,15,19). The summed E-state index contributed by atoms with van der Waals surface area (Å²) in [5.74, 6) is 0. The van der Waals surface area contributed by atoms with Gasteiger partial charge < -0.3 is 10.2 Å². The Labute approximate surface area is 115 Å². The van der Waals surface area contributed by atoms with Crippen molar-refractivity contribution in [2.75, 3.05) is 18.4 Å². The fourth-order valence-corrected chi connectivity index (χ4v) is 2.06. The van der Waals surface area contributed by atoms with Gasteiger partial charge in [0.1, 0.15) is 0 Å². The monoisotopic (exact) mass is 277 g/mol. The maximum Gasteiger partial charge on any atom is 0.321 e. The van der Waals surface area contributed by atoms with Gasteiger partial charge in [0.25, 0.3) is 0 Å². The molecule has 1 aromatic heterocycles. The van der Waals surface area contributed by atoms with Crippen molar-refractivity contribution in [3.63, 3.8) is 0 Å². The average Bonchev–Trinajstić information content (AvgIpc) is 2.84. The topological polar surface area (TPSA) is 63.1 Å². The first kappa shape index (κ1) is 12.0. The Hall–Kier alpha value is -2.08. The minimum absolute atomic E-state index is 0.112. The summed E-state index contributed by atoms with van der Waals surface area (Å²) in [5, 5.41) is 11.1. The SMILES string of the molecule is O=C(Nc1ccc(Cl)cc1)N1CC(n2ccnn2)C1. The van der Waals surface area contributed by atoms with Crippen molar-refractivity contribution in [3.05, 3.63) is 41.7 Å². The predicted molar refractivity (Wildman–Crippen MR) is 71.1 cm³/mol. The van der Waals surface area contributed by atoms with E-state index >= 15 is 0 Å². The van der Waals surface area contributed by atoms with Crippen LogP contribution >= 0.6 is 11.6 Å². The quantitative estimate of drug-likeness (QED) is 0.913. The van der Waals surface area contributed by atoms with Crippen LogP contribution in [0.15, 0.2) is 36.7 Å². The molecule has 1 aromatic carbocycles. The summed E-state index contributed by atoms with van der Waals surface area (Å²) >= 11 is 5.79. The van der Waals surface area contributed by atoms with Gasteiger partial charge in [-0.1, -0.05) is 16.8 Å². The van der Waals surface area contributed by atoms with E-state index in [9.17, 15) is 4.79 Å². The van der Waals surface area contributed by atoms with Gasteiger partial charge in [-0.15, -0.1) is 5.10 Å². The zero-order valence-corrected chi connectivity index (χ0v) is 10.8. The normalized spacial score (nSPS) is 15.1. The van der Waals surface area contributed by atoms with Gasteiger partial charge in [0.05, 0.1) is 12.2 Å². The number of halogens is 1. The molecule has 2 amide bonds. The van der Waals surface area contributed by atoms with Crippen molar-refractivity contribution < 1.29 is 4.79 Å².